The van der Waals surface area contributed by atoms with Gasteiger partial charge in [-0.2, -0.15) is 0 Å². The van der Waals surface area contributed by atoms with Gasteiger partial charge in [0.05, 0.1) is 0 Å². The monoisotopic (exact) mass is 276 g/mol. The summed E-state index contributed by atoms with van der Waals surface area (Å²) in [5.41, 5.74) is 3.87. The third kappa shape index (κ3) is 5.70. The summed E-state index contributed by atoms with van der Waals surface area (Å²) in [7, 11) is 0.959. The molecule has 0 bridgehead atoms. The zero-order valence-electron chi connectivity index (χ0n) is 12.6. The molecule has 0 aliphatic rings. The smallest absolute Gasteiger partial charge is 0.152 e. The maximum Gasteiger partial charge on any atom is 0.152 e. The maximum atomic E-state index is 10.9. The molecule has 0 N–H and O–H groups in total. The van der Waals surface area contributed by atoms with Crippen LogP contribution in [0.5, 0.6) is 0 Å². The highest BCUT2D eigenvalue weighted by molar-refractivity contribution is 7.39. The molecule has 0 heterocycles. The Kier molecular flexibility index (Phi) is 6.45. The minimum absolute atomic E-state index is 0.0877. The van der Waals surface area contributed by atoms with Gasteiger partial charge in [-0.1, -0.05) is 58.0 Å². The molecule has 0 radical (unpaired) electrons. The van der Waals surface area contributed by atoms with Gasteiger partial charge in [0, 0.05) is 0 Å². The first-order valence-electron chi connectivity index (χ1n) is 6.94. The molecule has 0 aliphatic heterocycles. The lowest BCUT2D eigenvalue weighted by Gasteiger charge is -2.21. The van der Waals surface area contributed by atoms with Crippen LogP contribution in [0.25, 0.3) is 6.08 Å². The Morgan fingerprint density at radius 1 is 1.11 bits per heavy atom. The molecule has 0 amide bonds. The van der Waals surface area contributed by atoms with E-state index in [1.807, 2.05) is 6.08 Å². The lowest BCUT2D eigenvalue weighted by atomic mass is 10.1. The number of ketones is 1. The fourth-order valence-electron chi connectivity index (χ4n) is 1.79. The van der Waals surface area contributed by atoms with Crippen molar-refractivity contribution in [1.29, 1.82) is 0 Å². The van der Waals surface area contributed by atoms with Crippen LogP contribution >= 0.6 is 8.58 Å². The summed E-state index contributed by atoms with van der Waals surface area (Å²) in [4.78, 5) is 10.9. The summed E-state index contributed by atoms with van der Waals surface area (Å²) in [6.45, 7) is 10.8. The van der Waals surface area contributed by atoms with Crippen LogP contribution in [0.3, 0.4) is 0 Å². The second-order valence-corrected chi connectivity index (χ2v) is 7.64. The molecule has 1 aromatic carbocycles. The summed E-state index contributed by atoms with van der Waals surface area (Å²) in [5.74, 6) is 0.836. The normalized spacial score (nSPS) is 15.5. The molecule has 2 heteroatoms. The number of benzene rings is 1. The topological polar surface area (TPSA) is 17.1 Å². The van der Waals surface area contributed by atoms with E-state index in [9.17, 15) is 4.79 Å². The van der Waals surface area contributed by atoms with Crippen molar-refractivity contribution >= 4 is 20.4 Å². The van der Waals surface area contributed by atoms with E-state index in [2.05, 4.69) is 52.0 Å². The highest BCUT2D eigenvalue weighted by atomic mass is 31.1. The third-order valence-electron chi connectivity index (χ3n) is 3.46. The molecule has 0 aromatic heterocycles. The van der Waals surface area contributed by atoms with Crippen molar-refractivity contribution < 1.29 is 4.79 Å². The first-order chi connectivity index (χ1) is 8.90. The van der Waals surface area contributed by atoms with Crippen molar-refractivity contribution in [3.8, 4) is 0 Å². The van der Waals surface area contributed by atoms with Gasteiger partial charge in [-0.3, -0.25) is 4.79 Å². The molecule has 3 unspecified atom stereocenters. The minimum atomic E-state index is 0.0877. The molecule has 1 nitrogen and oxygen atoms in total. The zero-order chi connectivity index (χ0) is 14.4. The average Bonchev–Trinajstić information content (AvgIpc) is 2.36. The van der Waals surface area contributed by atoms with E-state index < -0.39 is 0 Å². The molecule has 0 spiro atoms. The number of allylic oxidation sites excluding steroid dienone is 1. The van der Waals surface area contributed by atoms with Crippen LogP contribution in [-0.2, 0) is 4.79 Å². The number of carbonyl (C=O) groups is 1. The molecular weight excluding hydrogens is 251 g/mol. The number of hydrogen-bond acceptors (Lipinski definition) is 1. The fourth-order valence-corrected chi connectivity index (χ4v) is 3.35. The van der Waals surface area contributed by atoms with E-state index in [1.165, 1.54) is 5.56 Å². The predicted octanol–water partition coefficient (Wildman–Crippen LogP) is 5.07. The summed E-state index contributed by atoms with van der Waals surface area (Å²) in [6, 6.07) is 8.56. The van der Waals surface area contributed by atoms with E-state index in [4.69, 9.17) is 0 Å². The van der Waals surface area contributed by atoms with Crippen molar-refractivity contribution in [2.24, 2.45) is 5.92 Å². The van der Waals surface area contributed by atoms with Crippen molar-refractivity contribution in [1.82, 2.24) is 0 Å². The molecular formula is C17H25OP. The number of rotatable bonds is 6. The molecule has 104 valence electrons. The average molecular weight is 276 g/mol. The Morgan fingerprint density at radius 3 is 2.16 bits per heavy atom. The van der Waals surface area contributed by atoms with Crippen molar-refractivity contribution in [3.05, 3.63) is 41.5 Å². The summed E-state index contributed by atoms with van der Waals surface area (Å²) >= 11 is 0. The summed E-state index contributed by atoms with van der Waals surface area (Å²) < 4.78 is 0. The maximum absolute atomic E-state index is 10.9. The molecule has 19 heavy (non-hydrogen) atoms. The van der Waals surface area contributed by atoms with Gasteiger partial charge in [0.15, 0.2) is 5.78 Å². The SMILES string of the molecule is CC(=O)C=Cc1ccc(C(C)PC(C)C(C)C)cc1. The van der Waals surface area contributed by atoms with Crippen LogP contribution in [-0.4, -0.2) is 11.4 Å². The van der Waals surface area contributed by atoms with Gasteiger partial charge in [0.1, 0.15) is 0 Å². The standard InChI is InChI=1S/C17H25OP/c1-12(2)14(4)19-15(5)17-10-8-16(9-11-17)7-6-13(3)18/h6-12,14-15,19H,1-5H3. The molecule has 0 fully saturated rings. The predicted molar refractivity (Wildman–Crippen MR) is 87.2 cm³/mol. The number of carbonyl (C=O) groups excluding carboxylic acids is 1. The van der Waals surface area contributed by atoms with Crippen LogP contribution < -0.4 is 0 Å². The van der Waals surface area contributed by atoms with E-state index in [1.54, 1.807) is 13.0 Å². The van der Waals surface area contributed by atoms with Crippen molar-refractivity contribution in [3.63, 3.8) is 0 Å². The first-order valence-corrected chi connectivity index (χ1v) is 8.10. The Morgan fingerprint density at radius 2 is 1.68 bits per heavy atom. The van der Waals surface area contributed by atoms with E-state index in [-0.39, 0.29) is 5.78 Å². The van der Waals surface area contributed by atoms with E-state index in [0.29, 0.717) is 5.66 Å². The van der Waals surface area contributed by atoms with Gasteiger partial charge >= 0.3 is 0 Å². The fraction of sp³-hybridized carbons (Fsp3) is 0.471. The summed E-state index contributed by atoms with van der Waals surface area (Å²) in [6.07, 6.45) is 3.48. The first kappa shape index (κ1) is 16.1. The molecule has 0 saturated heterocycles. The highest BCUT2D eigenvalue weighted by Gasteiger charge is 2.13. The molecule has 1 rings (SSSR count). The van der Waals surface area contributed by atoms with Crippen LogP contribution in [0.15, 0.2) is 30.3 Å². The van der Waals surface area contributed by atoms with Gasteiger partial charge in [-0.05, 0) is 41.4 Å². The van der Waals surface area contributed by atoms with Crippen LogP contribution in [0.1, 0.15) is 51.4 Å². The zero-order valence-corrected chi connectivity index (χ0v) is 13.6. The molecule has 1 aromatic rings. The second-order valence-electron chi connectivity index (χ2n) is 5.53. The van der Waals surface area contributed by atoms with Gasteiger partial charge in [-0.25, -0.2) is 0 Å². The lowest BCUT2D eigenvalue weighted by molar-refractivity contribution is -0.112. The quantitative estimate of drug-likeness (QED) is 0.523. The summed E-state index contributed by atoms with van der Waals surface area (Å²) in [5, 5.41) is 0. The largest absolute Gasteiger partial charge is 0.295 e. The second kappa shape index (κ2) is 7.60. The van der Waals surface area contributed by atoms with Gasteiger partial charge < -0.3 is 0 Å². The van der Waals surface area contributed by atoms with Crippen LogP contribution in [0, 0.1) is 5.92 Å². The van der Waals surface area contributed by atoms with Crippen LogP contribution in [0.4, 0.5) is 0 Å². The van der Waals surface area contributed by atoms with Gasteiger partial charge in [0.2, 0.25) is 0 Å². The van der Waals surface area contributed by atoms with E-state index >= 15 is 0 Å². The Bertz CT molecular complexity index is 431. The van der Waals surface area contributed by atoms with Gasteiger partial charge in [0.25, 0.3) is 0 Å². The third-order valence-corrected chi connectivity index (χ3v) is 5.49. The molecule has 0 aliphatic carbocycles. The number of hydrogen-bond donors (Lipinski definition) is 0. The van der Waals surface area contributed by atoms with E-state index in [0.717, 1.165) is 25.7 Å². The van der Waals surface area contributed by atoms with Gasteiger partial charge in [-0.15, -0.1) is 8.58 Å². The van der Waals surface area contributed by atoms with Crippen LogP contribution in [0.2, 0.25) is 0 Å². The molecule has 3 atom stereocenters. The highest BCUT2D eigenvalue weighted by Crippen LogP contribution is 2.40. The Balaban J connectivity index is 2.67. The minimum Gasteiger partial charge on any atom is -0.295 e. The Labute approximate surface area is 119 Å². The Hall–Kier alpha value is -0.940. The lowest BCUT2D eigenvalue weighted by Crippen LogP contribution is -2.05. The van der Waals surface area contributed by atoms with Crippen molar-refractivity contribution in [2.45, 2.75) is 45.9 Å². The van der Waals surface area contributed by atoms with Crippen molar-refractivity contribution in [2.75, 3.05) is 0 Å². The molecule has 0 saturated carbocycles.